The molecule has 0 saturated carbocycles. The molecule has 3 aromatic heterocycles. The number of rotatable bonds is 5. The number of hydrogen-bond acceptors (Lipinski definition) is 5. The van der Waals surface area contributed by atoms with Gasteiger partial charge in [-0.2, -0.15) is 5.10 Å². The summed E-state index contributed by atoms with van der Waals surface area (Å²) in [7, 11) is 1.85. The quantitative estimate of drug-likeness (QED) is 0.220. The molecule has 0 radical (unpaired) electrons. The highest BCUT2D eigenvalue weighted by molar-refractivity contribution is 7.11. The first kappa shape index (κ1) is 24.5. The molecule has 182 valence electrons. The van der Waals surface area contributed by atoms with Crippen LogP contribution in [-0.2, 0) is 7.05 Å². The molecule has 0 aliphatic rings. The van der Waals surface area contributed by atoms with Crippen LogP contribution in [-0.4, -0.2) is 20.3 Å². The Morgan fingerprint density at radius 3 is 2.50 bits per heavy atom. The second-order valence-corrected chi connectivity index (χ2v) is 10.7. The Bertz CT molecular complexity index is 1720. The van der Waals surface area contributed by atoms with E-state index in [0.717, 1.165) is 33.1 Å². The third-order valence-electron chi connectivity index (χ3n) is 5.81. The van der Waals surface area contributed by atoms with Crippen LogP contribution in [0.3, 0.4) is 0 Å². The van der Waals surface area contributed by atoms with Crippen molar-refractivity contribution in [3.8, 4) is 16.9 Å². The summed E-state index contributed by atoms with van der Waals surface area (Å²) in [5.41, 5.74) is 4.24. The number of nitrogens with zero attached hydrogens (tertiary/aromatic N) is 5. The molecule has 36 heavy (non-hydrogen) atoms. The van der Waals surface area contributed by atoms with E-state index in [1.807, 2.05) is 72.7 Å². The number of thiazole rings is 1. The van der Waals surface area contributed by atoms with E-state index in [4.69, 9.17) is 33.3 Å². The van der Waals surface area contributed by atoms with Crippen molar-refractivity contribution in [3.63, 3.8) is 0 Å². The van der Waals surface area contributed by atoms with E-state index in [0.29, 0.717) is 20.5 Å². The molecule has 0 aliphatic carbocycles. The van der Waals surface area contributed by atoms with Gasteiger partial charge in [-0.25, -0.2) is 14.4 Å². The second-order valence-electron chi connectivity index (χ2n) is 8.07. The molecule has 6 nitrogen and oxygen atoms in total. The maximum Gasteiger partial charge on any atom is 0.297 e. The van der Waals surface area contributed by atoms with Gasteiger partial charge in [0.1, 0.15) is 0 Å². The zero-order valence-electron chi connectivity index (χ0n) is 19.6. The number of halogens is 2. The summed E-state index contributed by atoms with van der Waals surface area (Å²) in [6, 6.07) is 16.8. The highest BCUT2D eigenvalue weighted by Gasteiger charge is 2.17. The highest BCUT2D eigenvalue weighted by atomic mass is 35.5. The van der Waals surface area contributed by atoms with Gasteiger partial charge in [0.05, 0.1) is 33.2 Å². The fourth-order valence-electron chi connectivity index (χ4n) is 3.77. The van der Waals surface area contributed by atoms with Crippen LogP contribution in [0, 0.1) is 13.8 Å². The zero-order valence-corrected chi connectivity index (χ0v) is 22.8. The van der Waals surface area contributed by atoms with Crippen molar-refractivity contribution in [1.29, 1.82) is 0 Å². The largest absolute Gasteiger partial charge is 0.297 e. The molecule has 0 atom stereocenters. The first-order valence-electron chi connectivity index (χ1n) is 11.0. The SMILES string of the molecule is Cc1ccsc1C=Nn1c(-c2cc(Cl)ccc2Cl)csc1=Nc1c(C)n(C)n(-c2ccccc2)c1=O. The van der Waals surface area contributed by atoms with Crippen LogP contribution < -0.4 is 10.4 Å². The molecular weight excluding hydrogens is 533 g/mol. The fourth-order valence-corrected chi connectivity index (χ4v) is 5.77. The molecule has 0 N–H and O–H groups in total. The average Bonchev–Trinajstić information content (AvgIpc) is 3.53. The van der Waals surface area contributed by atoms with Crippen LogP contribution in [0.1, 0.15) is 16.1 Å². The van der Waals surface area contributed by atoms with Crippen molar-refractivity contribution in [2.24, 2.45) is 17.1 Å². The van der Waals surface area contributed by atoms with Crippen LogP contribution >= 0.6 is 45.9 Å². The van der Waals surface area contributed by atoms with E-state index in [1.54, 1.807) is 45.1 Å². The van der Waals surface area contributed by atoms with E-state index < -0.39 is 0 Å². The van der Waals surface area contributed by atoms with Gasteiger partial charge in [0.2, 0.25) is 4.80 Å². The molecule has 10 heteroatoms. The molecule has 0 saturated heterocycles. The molecule has 2 aromatic carbocycles. The van der Waals surface area contributed by atoms with Crippen molar-refractivity contribution >= 4 is 57.8 Å². The van der Waals surface area contributed by atoms with Gasteiger partial charge >= 0.3 is 0 Å². The molecule has 0 unspecified atom stereocenters. The van der Waals surface area contributed by atoms with Gasteiger partial charge in [-0.3, -0.25) is 9.48 Å². The molecule has 0 bridgehead atoms. The minimum absolute atomic E-state index is 0.207. The second kappa shape index (κ2) is 10.1. The third-order valence-corrected chi connectivity index (χ3v) is 8.15. The van der Waals surface area contributed by atoms with Crippen molar-refractivity contribution in [3.05, 3.63) is 107 Å². The molecular formula is C26H21Cl2N5OS2. The van der Waals surface area contributed by atoms with E-state index in [9.17, 15) is 4.79 Å². The lowest BCUT2D eigenvalue weighted by molar-refractivity contribution is 0.630. The molecule has 3 heterocycles. The van der Waals surface area contributed by atoms with Gasteiger partial charge in [-0.1, -0.05) is 41.4 Å². The summed E-state index contributed by atoms with van der Waals surface area (Å²) < 4.78 is 5.13. The summed E-state index contributed by atoms with van der Waals surface area (Å²) in [4.78, 5) is 19.8. The Kier molecular flexibility index (Phi) is 6.85. The maximum atomic E-state index is 13.5. The molecule has 0 spiro atoms. The van der Waals surface area contributed by atoms with E-state index in [-0.39, 0.29) is 5.56 Å². The van der Waals surface area contributed by atoms with Crippen LogP contribution in [0.15, 0.2) is 80.2 Å². The standard InChI is InChI=1S/C26H21Cl2N5OS2/c1-16-11-12-35-23(16)14-29-32-22(20-13-18(27)9-10-21(20)28)15-36-26(32)30-24-17(2)31(3)33(25(24)34)19-7-5-4-6-8-19/h4-15H,1-3H3. The van der Waals surface area contributed by atoms with E-state index >= 15 is 0 Å². The van der Waals surface area contributed by atoms with Gasteiger partial charge < -0.3 is 0 Å². The Hall–Kier alpha value is -3.17. The summed E-state index contributed by atoms with van der Waals surface area (Å²) in [5, 5.41) is 9.81. The normalized spacial score (nSPS) is 12.2. The number of para-hydroxylation sites is 1. The minimum Gasteiger partial charge on any atom is -0.283 e. The lowest BCUT2D eigenvalue weighted by atomic mass is 10.2. The van der Waals surface area contributed by atoms with Gasteiger partial charge in [-0.05, 0) is 61.2 Å². The molecule has 0 amide bonds. The van der Waals surface area contributed by atoms with Crippen molar-refractivity contribution in [2.45, 2.75) is 13.8 Å². The topological polar surface area (TPSA) is 56.6 Å². The number of aryl methyl sites for hydroxylation is 1. The monoisotopic (exact) mass is 553 g/mol. The highest BCUT2D eigenvalue weighted by Crippen LogP contribution is 2.31. The summed E-state index contributed by atoms with van der Waals surface area (Å²) in [5.74, 6) is 0. The first-order valence-corrected chi connectivity index (χ1v) is 13.5. The predicted octanol–water partition coefficient (Wildman–Crippen LogP) is 6.81. The maximum absolute atomic E-state index is 13.5. The van der Waals surface area contributed by atoms with E-state index in [2.05, 4.69) is 0 Å². The van der Waals surface area contributed by atoms with Crippen LogP contribution in [0.5, 0.6) is 0 Å². The van der Waals surface area contributed by atoms with Gasteiger partial charge in [0.25, 0.3) is 5.56 Å². The third kappa shape index (κ3) is 4.53. The van der Waals surface area contributed by atoms with Crippen LogP contribution in [0.4, 0.5) is 5.69 Å². The Morgan fingerprint density at radius 1 is 1.00 bits per heavy atom. The summed E-state index contributed by atoms with van der Waals surface area (Å²) in [6.07, 6.45) is 1.80. The Balaban J connectivity index is 1.73. The number of hydrogen-bond donors (Lipinski definition) is 0. The Morgan fingerprint density at radius 2 is 1.78 bits per heavy atom. The van der Waals surface area contributed by atoms with Crippen molar-refractivity contribution < 1.29 is 0 Å². The molecule has 5 aromatic rings. The lowest BCUT2D eigenvalue weighted by Crippen LogP contribution is -2.19. The van der Waals surface area contributed by atoms with Crippen LogP contribution in [0.25, 0.3) is 16.9 Å². The van der Waals surface area contributed by atoms with Gasteiger partial charge in [0, 0.05) is 23.0 Å². The average molecular weight is 555 g/mol. The van der Waals surface area contributed by atoms with Gasteiger partial charge in [-0.15, -0.1) is 22.7 Å². The Labute approximate surface area is 225 Å². The molecule has 0 fully saturated rings. The lowest BCUT2D eigenvalue weighted by Gasteiger charge is -2.07. The zero-order chi connectivity index (χ0) is 25.4. The smallest absolute Gasteiger partial charge is 0.283 e. The number of aromatic nitrogens is 3. The summed E-state index contributed by atoms with van der Waals surface area (Å²) >= 11 is 15.8. The van der Waals surface area contributed by atoms with Gasteiger partial charge in [0.15, 0.2) is 5.69 Å². The minimum atomic E-state index is -0.207. The molecule has 0 aliphatic heterocycles. The van der Waals surface area contributed by atoms with Crippen molar-refractivity contribution in [1.82, 2.24) is 14.0 Å². The summed E-state index contributed by atoms with van der Waals surface area (Å²) in [6.45, 7) is 3.92. The first-order chi connectivity index (χ1) is 17.3. The van der Waals surface area contributed by atoms with Crippen LogP contribution in [0.2, 0.25) is 10.0 Å². The van der Waals surface area contributed by atoms with E-state index in [1.165, 1.54) is 11.3 Å². The number of benzene rings is 2. The fraction of sp³-hybridized carbons (Fsp3) is 0.115. The predicted molar refractivity (Wildman–Crippen MR) is 151 cm³/mol. The molecule has 5 rings (SSSR count). The van der Waals surface area contributed by atoms with Crippen molar-refractivity contribution in [2.75, 3.05) is 0 Å². The number of thiophene rings is 1.